The molecule has 0 unspecified atom stereocenters. The Kier molecular flexibility index (Phi) is 6.56. The number of carbonyl (C=O) groups excluding carboxylic acids is 2. The van der Waals surface area contributed by atoms with Gasteiger partial charge in [-0.3, -0.25) is 9.59 Å². The highest BCUT2D eigenvalue weighted by Crippen LogP contribution is 2.30. The summed E-state index contributed by atoms with van der Waals surface area (Å²) in [6.45, 7) is -0.760. The van der Waals surface area contributed by atoms with Crippen LogP contribution < -0.4 is 10.6 Å². The first-order valence-electron chi connectivity index (χ1n) is 7.80. The van der Waals surface area contributed by atoms with E-state index in [1.165, 1.54) is 12.1 Å². The molecule has 6 nitrogen and oxygen atoms in total. The van der Waals surface area contributed by atoms with Gasteiger partial charge in [0.15, 0.2) is 0 Å². The average molecular weight is 388 g/mol. The van der Waals surface area contributed by atoms with Crippen molar-refractivity contribution >= 4 is 11.8 Å². The molecule has 2 rings (SSSR count). The van der Waals surface area contributed by atoms with Crippen LogP contribution in [0.2, 0.25) is 0 Å². The second-order valence-corrected chi connectivity index (χ2v) is 5.56. The van der Waals surface area contributed by atoms with Crippen molar-refractivity contribution in [3.05, 3.63) is 59.3 Å². The summed E-state index contributed by atoms with van der Waals surface area (Å²) in [6.07, 6.45) is -3.94. The van der Waals surface area contributed by atoms with Crippen LogP contribution >= 0.6 is 0 Å². The number of aliphatic hydroxyl groups excluding tert-OH is 1. The van der Waals surface area contributed by atoms with Crippen LogP contribution in [0.5, 0.6) is 0 Å². The van der Waals surface area contributed by atoms with E-state index in [0.717, 1.165) is 18.2 Å². The minimum Gasteiger partial charge on any atom is -0.469 e. The molecule has 0 saturated heterocycles. The van der Waals surface area contributed by atoms with Gasteiger partial charge in [-0.25, -0.2) is 4.39 Å². The van der Waals surface area contributed by atoms with Crippen LogP contribution in [-0.2, 0) is 17.4 Å². The lowest BCUT2D eigenvalue weighted by atomic mass is 10.2. The van der Waals surface area contributed by atoms with E-state index in [2.05, 4.69) is 10.6 Å². The number of hydrogen-bond donors (Lipinski definition) is 3. The minimum absolute atomic E-state index is 0.00806. The summed E-state index contributed by atoms with van der Waals surface area (Å²) in [4.78, 5) is 24.0. The van der Waals surface area contributed by atoms with Crippen LogP contribution in [0.1, 0.15) is 21.7 Å². The molecule has 2 aromatic rings. The van der Waals surface area contributed by atoms with Gasteiger partial charge in [0.1, 0.15) is 23.9 Å². The molecule has 1 aromatic carbocycles. The lowest BCUT2D eigenvalue weighted by molar-refractivity contribution is -0.138. The van der Waals surface area contributed by atoms with E-state index in [4.69, 9.17) is 4.42 Å². The van der Waals surface area contributed by atoms with E-state index in [1.807, 2.05) is 0 Å². The zero-order valence-electron chi connectivity index (χ0n) is 13.8. The highest BCUT2D eigenvalue weighted by molar-refractivity contribution is 5.97. The molecule has 1 heterocycles. The molecule has 0 aliphatic rings. The number of rotatable bonds is 7. The highest BCUT2D eigenvalue weighted by atomic mass is 19.4. The number of alkyl halides is 3. The second-order valence-electron chi connectivity index (χ2n) is 5.56. The van der Waals surface area contributed by atoms with Crippen LogP contribution in [-0.4, -0.2) is 36.1 Å². The van der Waals surface area contributed by atoms with Crippen molar-refractivity contribution in [3.63, 3.8) is 0 Å². The van der Waals surface area contributed by atoms with Gasteiger partial charge in [0.25, 0.3) is 5.91 Å². The first kappa shape index (κ1) is 20.4. The third-order valence-electron chi connectivity index (χ3n) is 3.56. The lowest BCUT2D eigenvalue weighted by Gasteiger charge is -2.16. The maximum absolute atomic E-state index is 12.8. The Morgan fingerprint density at radius 1 is 1.19 bits per heavy atom. The summed E-state index contributed by atoms with van der Waals surface area (Å²) in [7, 11) is 0. The summed E-state index contributed by atoms with van der Waals surface area (Å²) in [6, 6.07) is 4.12. The van der Waals surface area contributed by atoms with Crippen LogP contribution in [0.3, 0.4) is 0 Å². The molecule has 10 heteroatoms. The monoisotopic (exact) mass is 388 g/mol. The van der Waals surface area contributed by atoms with Gasteiger partial charge >= 0.3 is 6.18 Å². The number of carbonyl (C=O) groups is 2. The number of benzene rings is 1. The molecule has 0 radical (unpaired) electrons. The van der Waals surface area contributed by atoms with E-state index >= 15 is 0 Å². The van der Waals surface area contributed by atoms with Crippen molar-refractivity contribution in [2.45, 2.75) is 18.6 Å². The summed E-state index contributed by atoms with van der Waals surface area (Å²) >= 11 is 0. The Morgan fingerprint density at radius 2 is 1.85 bits per heavy atom. The number of amides is 2. The molecule has 0 spiro atoms. The molecule has 0 aliphatic heterocycles. The molecule has 146 valence electrons. The maximum Gasteiger partial charge on any atom is 0.419 e. The van der Waals surface area contributed by atoms with Crippen molar-refractivity contribution in [2.24, 2.45) is 0 Å². The first-order chi connectivity index (χ1) is 12.7. The standard InChI is InChI=1S/C17H16F4N2O4/c18-12-3-1-10(2-4-12)15(25)23-14(8-24)16(26)22-6-5-13-7-11(9-27-13)17(19,20)21/h1-4,7,9,14,24H,5-6,8H2,(H,22,26)(H,23,25)/t14-/m0/s1. The van der Waals surface area contributed by atoms with Crippen LogP contribution in [0, 0.1) is 5.82 Å². The predicted molar refractivity (Wildman–Crippen MR) is 85.2 cm³/mol. The molecule has 1 atom stereocenters. The van der Waals surface area contributed by atoms with E-state index in [9.17, 15) is 32.3 Å². The Morgan fingerprint density at radius 3 is 2.41 bits per heavy atom. The summed E-state index contributed by atoms with van der Waals surface area (Å²) in [5.74, 6) is -1.92. The summed E-state index contributed by atoms with van der Waals surface area (Å²) in [5.41, 5.74) is -0.832. The van der Waals surface area contributed by atoms with Crippen molar-refractivity contribution in [1.82, 2.24) is 10.6 Å². The fourth-order valence-electron chi connectivity index (χ4n) is 2.13. The van der Waals surface area contributed by atoms with Crippen molar-refractivity contribution in [3.8, 4) is 0 Å². The fraction of sp³-hybridized carbons (Fsp3) is 0.294. The number of halogens is 4. The van der Waals surface area contributed by atoms with Gasteiger partial charge in [-0.2, -0.15) is 13.2 Å². The number of nitrogens with one attached hydrogen (secondary N) is 2. The van der Waals surface area contributed by atoms with Crippen molar-refractivity contribution in [2.75, 3.05) is 13.2 Å². The Balaban J connectivity index is 1.85. The van der Waals surface area contributed by atoms with Gasteiger partial charge in [0.2, 0.25) is 5.91 Å². The fourth-order valence-corrected chi connectivity index (χ4v) is 2.13. The molecule has 0 bridgehead atoms. The largest absolute Gasteiger partial charge is 0.469 e. The quantitative estimate of drug-likeness (QED) is 0.632. The van der Waals surface area contributed by atoms with E-state index in [1.54, 1.807) is 0 Å². The van der Waals surface area contributed by atoms with Gasteiger partial charge in [0, 0.05) is 18.5 Å². The lowest BCUT2D eigenvalue weighted by Crippen LogP contribution is -2.49. The van der Waals surface area contributed by atoms with E-state index < -0.39 is 42.0 Å². The van der Waals surface area contributed by atoms with Gasteiger partial charge < -0.3 is 20.2 Å². The van der Waals surface area contributed by atoms with Crippen LogP contribution in [0.15, 0.2) is 41.0 Å². The predicted octanol–water partition coefficient (Wildman–Crippen LogP) is 1.89. The zero-order chi connectivity index (χ0) is 20.0. The highest BCUT2D eigenvalue weighted by Gasteiger charge is 2.32. The smallest absolute Gasteiger partial charge is 0.419 e. The van der Waals surface area contributed by atoms with Gasteiger partial charge in [-0.1, -0.05) is 0 Å². The van der Waals surface area contributed by atoms with Gasteiger partial charge in [-0.15, -0.1) is 0 Å². The van der Waals surface area contributed by atoms with Gasteiger partial charge in [0.05, 0.1) is 12.2 Å². The Bertz CT molecular complexity index is 787. The average Bonchev–Trinajstić information content (AvgIpc) is 3.09. The molecule has 3 N–H and O–H groups in total. The SMILES string of the molecule is O=C(N[C@@H](CO)C(=O)NCCc1cc(C(F)(F)F)co1)c1ccc(F)cc1. The Labute approximate surface area is 151 Å². The molecule has 0 fully saturated rings. The molecule has 1 aromatic heterocycles. The molecule has 0 aliphatic carbocycles. The van der Waals surface area contributed by atoms with Crippen molar-refractivity contribution < 1.29 is 36.7 Å². The molecule has 0 saturated carbocycles. The number of furan rings is 1. The summed E-state index contributed by atoms with van der Waals surface area (Å²) < 4.78 is 55.0. The third-order valence-corrected chi connectivity index (χ3v) is 3.56. The van der Waals surface area contributed by atoms with E-state index in [0.29, 0.717) is 6.26 Å². The van der Waals surface area contributed by atoms with Crippen LogP contribution in [0.4, 0.5) is 17.6 Å². The van der Waals surface area contributed by atoms with Crippen LogP contribution in [0.25, 0.3) is 0 Å². The number of hydrogen-bond acceptors (Lipinski definition) is 4. The third kappa shape index (κ3) is 5.81. The first-order valence-corrected chi connectivity index (χ1v) is 7.80. The van der Waals surface area contributed by atoms with Crippen molar-refractivity contribution in [1.29, 1.82) is 0 Å². The second kappa shape index (κ2) is 8.67. The zero-order valence-corrected chi connectivity index (χ0v) is 13.8. The normalized spacial score (nSPS) is 12.5. The topological polar surface area (TPSA) is 91.6 Å². The maximum atomic E-state index is 12.8. The van der Waals surface area contributed by atoms with Gasteiger partial charge in [-0.05, 0) is 30.3 Å². The molecule has 2 amide bonds. The van der Waals surface area contributed by atoms with E-state index in [-0.39, 0.29) is 24.3 Å². The number of aliphatic hydroxyl groups is 1. The molecule has 27 heavy (non-hydrogen) atoms. The molecular formula is C17H16F4N2O4. The minimum atomic E-state index is -4.52. The Hall–Kier alpha value is -2.88. The molecular weight excluding hydrogens is 372 g/mol. The summed E-state index contributed by atoms with van der Waals surface area (Å²) in [5, 5.41) is 13.9.